The van der Waals surface area contributed by atoms with E-state index in [4.69, 9.17) is 4.74 Å². The molecule has 9 heteroatoms. The lowest BCUT2D eigenvalue weighted by Gasteiger charge is -2.33. The largest absolute Gasteiger partial charge is 0.416 e. The van der Waals surface area contributed by atoms with Gasteiger partial charge in [0.05, 0.1) is 17.9 Å². The number of morpholine rings is 1. The molecule has 0 radical (unpaired) electrons. The average molecular weight is 389 g/mol. The minimum atomic E-state index is -4.34. The number of aromatic nitrogens is 4. The van der Waals surface area contributed by atoms with Crippen LogP contribution >= 0.6 is 0 Å². The van der Waals surface area contributed by atoms with E-state index in [9.17, 15) is 13.2 Å². The second-order valence-corrected chi connectivity index (χ2v) is 6.58. The first-order chi connectivity index (χ1) is 13.4. The molecule has 2 aromatic heterocycles. The molecule has 1 fully saturated rings. The Labute approximate surface area is 159 Å². The monoisotopic (exact) mass is 389 g/mol. The van der Waals surface area contributed by atoms with Crippen molar-refractivity contribution in [1.82, 2.24) is 20.0 Å². The van der Waals surface area contributed by atoms with Gasteiger partial charge >= 0.3 is 6.18 Å². The summed E-state index contributed by atoms with van der Waals surface area (Å²) in [6.07, 6.45) is -2.86. The minimum absolute atomic E-state index is 0.328. The Bertz CT molecular complexity index is 937. The highest BCUT2D eigenvalue weighted by Gasteiger charge is 2.31. The molecule has 1 aliphatic heterocycles. The van der Waals surface area contributed by atoms with Crippen LogP contribution in [0.15, 0.2) is 48.7 Å². The molecule has 1 unspecified atom stereocenters. The van der Waals surface area contributed by atoms with Crippen LogP contribution in [0.25, 0.3) is 5.82 Å². The topological polar surface area (TPSA) is 56.1 Å². The van der Waals surface area contributed by atoms with Crippen molar-refractivity contribution in [2.75, 3.05) is 24.6 Å². The SMILES string of the molecule is Cc1ccn(-c2ccc(N3CCOC(c4ccc(C(F)(F)F)cc4)C3)nn2)n1. The summed E-state index contributed by atoms with van der Waals surface area (Å²) in [6.45, 7) is 3.47. The minimum Gasteiger partial charge on any atom is -0.370 e. The van der Waals surface area contributed by atoms with E-state index in [-0.39, 0.29) is 6.10 Å². The van der Waals surface area contributed by atoms with Crippen LogP contribution in [0.5, 0.6) is 0 Å². The van der Waals surface area contributed by atoms with E-state index in [0.29, 0.717) is 36.9 Å². The van der Waals surface area contributed by atoms with Gasteiger partial charge in [0.1, 0.15) is 6.10 Å². The van der Waals surface area contributed by atoms with Gasteiger partial charge in [0.15, 0.2) is 11.6 Å². The van der Waals surface area contributed by atoms with E-state index in [1.54, 1.807) is 4.68 Å². The third-order valence-corrected chi connectivity index (χ3v) is 4.59. The predicted molar refractivity (Wildman–Crippen MR) is 96.2 cm³/mol. The van der Waals surface area contributed by atoms with Gasteiger partial charge in [0.2, 0.25) is 0 Å². The van der Waals surface area contributed by atoms with Crippen molar-refractivity contribution in [2.24, 2.45) is 0 Å². The van der Waals surface area contributed by atoms with Gasteiger partial charge < -0.3 is 9.64 Å². The molecule has 28 heavy (non-hydrogen) atoms. The van der Waals surface area contributed by atoms with Gasteiger partial charge in [-0.2, -0.15) is 18.3 Å². The third-order valence-electron chi connectivity index (χ3n) is 4.59. The number of ether oxygens (including phenoxy) is 1. The van der Waals surface area contributed by atoms with Crippen molar-refractivity contribution in [3.05, 3.63) is 65.5 Å². The first-order valence-electron chi connectivity index (χ1n) is 8.80. The Morgan fingerprint density at radius 3 is 2.32 bits per heavy atom. The van der Waals surface area contributed by atoms with Crippen LogP contribution in [0.2, 0.25) is 0 Å². The lowest BCUT2D eigenvalue weighted by molar-refractivity contribution is -0.137. The zero-order valence-corrected chi connectivity index (χ0v) is 15.1. The molecule has 0 spiro atoms. The number of nitrogens with zero attached hydrogens (tertiary/aromatic N) is 5. The van der Waals surface area contributed by atoms with Gasteiger partial charge in [0, 0.05) is 19.3 Å². The maximum atomic E-state index is 12.7. The van der Waals surface area contributed by atoms with Crippen LogP contribution in [0, 0.1) is 6.92 Å². The fourth-order valence-corrected chi connectivity index (χ4v) is 3.10. The Morgan fingerprint density at radius 2 is 1.71 bits per heavy atom. The summed E-state index contributed by atoms with van der Waals surface area (Å²) in [7, 11) is 0. The summed E-state index contributed by atoms with van der Waals surface area (Å²) < 4.78 is 45.6. The van der Waals surface area contributed by atoms with Crippen molar-refractivity contribution >= 4 is 5.82 Å². The van der Waals surface area contributed by atoms with Gasteiger partial charge in [-0.05, 0) is 42.8 Å². The Kier molecular flexibility index (Phi) is 4.76. The average Bonchev–Trinajstić information content (AvgIpc) is 3.14. The number of rotatable bonds is 3. The molecule has 0 saturated carbocycles. The van der Waals surface area contributed by atoms with Gasteiger partial charge in [-0.1, -0.05) is 12.1 Å². The Balaban J connectivity index is 1.47. The number of benzene rings is 1. The third kappa shape index (κ3) is 3.84. The normalized spacial score (nSPS) is 17.7. The molecular formula is C19H18F3N5O. The quantitative estimate of drug-likeness (QED) is 0.686. The first-order valence-corrected chi connectivity index (χ1v) is 8.80. The number of hydrogen-bond acceptors (Lipinski definition) is 5. The molecule has 3 aromatic rings. The van der Waals surface area contributed by atoms with Crippen molar-refractivity contribution in [3.63, 3.8) is 0 Å². The fraction of sp³-hybridized carbons (Fsp3) is 0.316. The van der Waals surface area contributed by atoms with E-state index in [0.717, 1.165) is 17.8 Å². The van der Waals surface area contributed by atoms with Crippen LogP contribution in [-0.2, 0) is 10.9 Å². The van der Waals surface area contributed by atoms with E-state index >= 15 is 0 Å². The van der Waals surface area contributed by atoms with Crippen LogP contribution in [-0.4, -0.2) is 39.7 Å². The van der Waals surface area contributed by atoms with Gasteiger partial charge in [-0.25, -0.2) is 4.68 Å². The molecule has 6 nitrogen and oxygen atoms in total. The number of halogens is 3. The van der Waals surface area contributed by atoms with Crippen molar-refractivity contribution < 1.29 is 17.9 Å². The molecule has 1 aliphatic rings. The highest BCUT2D eigenvalue weighted by Crippen LogP contribution is 2.31. The summed E-state index contributed by atoms with van der Waals surface area (Å²) >= 11 is 0. The van der Waals surface area contributed by atoms with Crippen LogP contribution in [0.4, 0.5) is 19.0 Å². The summed E-state index contributed by atoms with van der Waals surface area (Å²) in [5, 5.41) is 12.8. The van der Waals surface area contributed by atoms with E-state index in [2.05, 4.69) is 15.3 Å². The standard InChI is InChI=1S/C19H18F3N5O/c1-13-8-9-27(25-13)18-7-6-17(23-24-18)26-10-11-28-16(12-26)14-2-4-15(5-3-14)19(20,21)22/h2-9,16H,10-12H2,1H3. The van der Waals surface area contributed by atoms with E-state index < -0.39 is 11.7 Å². The second kappa shape index (κ2) is 7.23. The summed E-state index contributed by atoms with van der Waals surface area (Å²) in [5.74, 6) is 1.30. The molecule has 4 rings (SSSR count). The van der Waals surface area contributed by atoms with E-state index in [1.807, 2.05) is 36.2 Å². The van der Waals surface area contributed by atoms with Gasteiger partial charge in [-0.15, -0.1) is 10.2 Å². The summed E-state index contributed by atoms with van der Waals surface area (Å²) in [5.41, 5.74) is 0.923. The van der Waals surface area contributed by atoms with Gasteiger partial charge in [0.25, 0.3) is 0 Å². The molecule has 0 N–H and O–H groups in total. The highest BCUT2D eigenvalue weighted by molar-refractivity contribution is 5.41. The van der Waals surface area contributed by atoms with Crippen LogP contribution < -0.4 is 4.90 Å². The smallest absolute Gasteiger partial charge is 0.370 e. The summed E-state index contributed by atoms with van der Waals surface area (Å²) in [4.78, 5) is 2.01. The first kappa shape index (κ1) is 18.4. The van der Waals surface area contributed by atoms with Crippen molar-refractivity contribution in [1.29, 1.82) is 0 Å². The number of aryl methyl sites for hydroxylation is 1. The predicted octanol–water partition coefficient (Wildman–Crippen LogP) is 3.57. The lowest BCUT2D eigenvalue weighted by atomic mass is 10.1. The molecule has 146 valence electrons. The van der Waals surface area contributed by atoms with Crippen LogP contribution in [0.3, 0.4) is 0 Å². The number of alkyl halides is 3. The van der Waals surface area contributed by atoms with Gasteiger partial charge in [-0.3, -0.25) is 0 Å². The zero-order valence-electron chi connectivity index (χ0n) is 15.1. The molecule has 0 amide bonds. The van der Waals surface area contributed by atoms with Crippen molar-refractivity contribution in [3.8, 4) is 5.82 Å². The molecule has 1 saturated heterocycles. The second-order valence-electron chi connectivity index (χ2n) is 6.58. The molecule has 1 atom stereocenters. The van der Waals surface area contributed by atoms with Crippen molar-refractivity contribution in [2.45, 2.75) is 19.2 Å². The highest BCUT2D eigenvalue weighted by atomic mass is 19.4. The molecule has 0 aliphatic carbocycles. The van der Waals surface area contributed by atoms with E-state index in [1.165, 1.54) is 12.1 Å². The Hall–Kier alpha value is -2.94. The van der Waals surface area contributed by atoms with Crippen LogP contribution in [0.1, 0.15) is 22.9 Å². The zero-order chi connectivity index (χ0) is 19.7. The molecule has 1 aromatic carbocycles. The number of hydrogen-bond donors (Lipinski definition) is 0. The molecule has 0 bridgehead atoms. The fourth-order valence-electron chi connectivity index (χ4n) is 3.10. The summed E-state index contributed by atoms with van der Waals surface area (Å²) in [6, 6.07) is 10.7. The molecule has 3 heterocycles. The Morgan fingerprint density at radius 1 is 1.00 bits per heavy atom. The number of anilines is 1. The molecular weight excluding hydrogens is 371 g/mol. The maximum Gasteiger partial charge on any atom is 0.416 e. The maximum absolute atomic E-state index is 12.7. The lowest BCUT2D eigenvalue weighted by Crippen LogP contribution is -2.39.